The Labute approximate surface area is 128 Å². The van der Waals surface area contributed by atoms with Crippen LogP contribution in [-0.2, 0) is 0 Å². The van der Waals surface area contributed by atoms with Gasteiger partial charge in [0.1, 0.15) is 5.76 Å². The van der Waals surface area contributed by atoms with Gasteiger partial charge < -0.3 is 14.2 Å². The predicted octanol–water partition coefficient (Wildman–Crippen LogP) is 4.11. The second-order valence-corrected chi connectivity index (χ2v) is 5.21. The van der Waals surface area contributed by atoms with E-state index in [1.165, 1.54) is 6.39 Å². The molecule has 0 saturated carbocycles. The Balaban J connectivity index is 1.90. The molecule has 22 heavy (non-hydrogen) atoms. The molecule has 112 valence electrons. The largest absolute Gasteiger partial charge is 0.458 e. The first-order chi connectivity index (χ1) is 10.5. The molecule has 1 amide bonds. The quantitative estimate of drug-likeness (QED) is 0.789. The molecule has 3 aromatic rings. The number of nitrogens with zero attached hydrogens (tertiary/aromatic N) is 1. The van der Waals surface area contributed by atoms with Gasteiger partial charge in [0.25, 0.3) is 5.91 Å². The third-order valence-corrected chi connectivity index (χ3v) is 3.39. The highest BCUT2D eigenvalue weighted by molar-refractivity contribution is 6.06. The number of oxazole rings is 1. The summed E-state index contributed by atoms with van der Waals surface area (Å²) in [6.45, 7) is 5.74. The first-order valence-electron chi connectivity index (χ1n) is 6.93. The Bertz CT molecular complexity index is 830. The third-order valence-electron chi connectivity index (χ3n) is 3.39. The number of aryl methyl sites for hydroxylation is 3. The fourth-order valence-corrected chi connectivity index (χ4v) is 2.19. The second kappa shape index (κ2) is 5.52. The van der Waals surface area contributed by atoms with Crippen molar-refractivity contribution in [2.24, 2.45) is 0 Å². The number of anilines is 1. The molecule has 0 radical (unpaired) electrons. The minimum Gasteiger partial charge on any atom is -0.458 e. The maximum atomic E-state index is 12.5. The van der Waals surface area contributed by atoms with Crippen molar-refractivity contribution in [2.45, 2.75) is 20.8 Å². The number of carbonyl (C=O) groups excluding carboxylic acids is 1. The van der Waals surface area contributed by atoms with Crippen LogP contribution >= 0.6 is 0 Å². The molecule has 2 aromatic heterocycles. The highest BCUT2D eigenvalue weighted by atomic mass is 16.4. The summed E-state index contributed by atoms with van der Waals surface area (Å²) in [5, 5.41) is 2.87. The number of aromatic nitrogens is 1. The van der Waals surface area contributed by atoms with Crippen LogP contribution in [-0.4, -0.2) is 10.9 Å². The third kappa shape index (κ3) is 2.65. The van der Waals surface area contributed by atoms with Gasteiger partial charge in [0, 0.05) is 5.69 Å². The van der Waals surface area contributed by atoms with E-state index in [9.17, 15) is 4.79 Å². The van der Waals surface area contributed by atoms with Crippen molar-refractivity contribution in [3.05, 3.63) is 59.3 Å². The molecule has 0 unspecified atom stereocenters. The highest BCUT2D eigenvalue weighted by Gasteiger charge is 2.21. The van der Waals surface area contributed by atoms with E-state index < -0.39 is 0 Å². The Morgan fingerprint density at radius 1 is 1.14 bits per heavy atom. The Morgan fingerprint density at radius 3 is 2.68 bits per heavy atom. The Hall–Kier alpha value is -2.82. The summed E-state index contributed by atoms with van der Waals surface area (Å²) in [6.07, 6.45) is 1.24. The van der Waals surface area contributed by atoms with Crippen molar-refractivity contribution in [3.8, 4) is 11.5 Å². The average molecular weight is 296 g/mol. The van der Waals surface area contributed by atoms with Crippen molar-refractivity contribution in [1.82, 2.24) is 4.98 Å². The van der Waals surface area contributed by atoms with Crippen LogP contribution in [0.1, 0.15) is 27.4 Å². The molecule has 0 aliphatic rings. The number of nitrogens with one attached hydrogen (secondary N) is 1. The standard InChI is InChI=1S/C17H16N2O3/c1-10-4-5-11(2)13(8-10)19-17(20)15-16(21-9-18-15)14-7-6-12(3)22-14/h4-9H,1-3H3,(H,19,20). The second-order valence-electron chi connectivity index (χ2n) is 5.21. The molecule has 5 nitrogen and oxygen atoms in total. The summed E-state index contributed by atoms with van der Waals surface area (Å²) in [4.78, 5) is 16.5. The fraction of sp³-hybridized carbons (Fsp3) is 0.176. The van der Waals surface area contributed by atoms with E-state index in [1.54, 1.807) is 6.07 Å². The summed E-state index contributed by atoms with van der Waals surface area (Å²) in [5.74, 6) is 1.23. The summed E-state index contributed by atoms with van der Waals surface area (Å²) in [7, 11) is 0. The van der Waals surface area contributed by atoms with Crippen LogP contribution in [0.3, 0.4) is 0 Å². The predicted molar refractivity (Wildman–Crippen MR) is 82.8 cm³/mol. The number of furan rings is 1. The van der Waals surface area contributed by atoms with E-state index in [0.29, 0.717) is 11.5 Å². The molecule has 5 heteroatoms. The molecule has 0 bridgehead atoms. The van der Waals surface area contributed by atoms with Gasteiger partial charge in [0.05, 0.1) is 0 Å². The molecule has 1 aromatic carbocycles. The molecule has 2 heterocycles. The molecule has 0 saturated heterocycles. The molecule has 0 fully saturated rings. The van der Waals surface area contributed by atoms with Crippen LogP contribution in [0.15, 0.2) is 45.6 Å². The number of carbonyl (C=O) groups is 1. The summed E-state index contributed by atoms with van der Waals surface area (Å²) < 4.78 is 10.8. The van der Waals surface area contributed by atoms with Crippen LogP contribution in [0, 0.1) is 20.8 Å². The summed E-state index contributed by atoms with van der Waals surface area (Å²) in [5.41, 5.74) is 3.02. The molecule has 1 N–H and O–H groups in total. The van der Waals surface area contributed by atoms with Crippen molar-refractivity contribution < 1.29 is 13.6 Å². The van der Waals surface area contributed by atoms with Gasteiger partial charge in [-0.1, -0.05) is 12.1 Å². The van der Waals surface area contributed by atoms with Gasteiger partial charge in [0.15, 0.2) is 17.8 Å². The molecule has 0 spiro atoms. The van der Waals surface area contributed by atoms with Gasteiger partial charge in [-0.2, -0.15) is 0 Å². The molecule has 0 atom stereocenters. The SMILES string of the molecule is Cc1ccc(C)c(NC(=O)c2ncoc2-c2ccc(C)o2)c1. The van der Waals surface area contributed by atoms with Crippen LogP contribution in [0.2, 0.25) is 0 Å². The molecule has 3 rings (SSSR count). The maximum absolute atomic E-state index is 12.5. The Kier molecular flexibility index (Phi) is 3.55. The smallest absolute Gasteiger partial charge is 0.278 e. The lowest BCUT2D eigenvalue weighted by Gasteiger charge is -2.08. The van der Waals surface area contributed by atoms with Gasteiger partial charge in [0.2, 0.25) is 5.76 Å². The number of rotatable bonds is 3. The lowest BCUT2D eigenvalue weighted by molar-refractivity contribution is 0.102. The summed E-state index contributed by atoms with van der Waals surface area (Å²) >= 11 is 0. The normalized spacial score (nSPS) is 10.7. The van der Waals surface area contributed by atoms with Crippen molar-refractivity contribution in [2.75, 3.05) is 5.32 Å². The van der Waals surface area contributed by atoms with Gasteiger partial charge in [-0.25, -0.2) is 4.98 Å². The fourth-order valence-electron chi connectivity index (χ4n) is 2.19. The Morgan fingerprint density at radius 2 is 1.95 bits per heavy atom. The number of amides is 1. The zero-order chi connectivity index (χ0) is 15.7. The van der Waals surface area contributed by atoms with Crippen LogP contribution in [0.5, 0.6) is 0 Å². The van der Waals surface area contributed by atoms with E-state index in [0.717, 1.165) is 22.6 Å². The van der Waals surface area contributed by atoms with Gasteiger partial charge >= 0.3 is 0 Å². The topological polar surface area (TPSA) is 68.3 Å². The minimum absolute atomic E-state index is 0.204. The maximum Gasteiger partial charge on any atom is 0.278 e. The number of hydrogen-bond donors (Lipinski definition) is 1. The lowest BCUT2D eigenvalue weighted by Crippen LogP contribution is -2.14. The zero-order valence-corrected chi connectivity index (χ0v) is 12.6. The highest BCUT2D eigenvalue weighted by Crippen LogP contribution is 2.26. The van der Waals surface area contributed by atoms with E-state index in [2.05, 4.69) is 10.3 Å². The first kappa shape index (κ1) is 14.1. The number of benzene rings is 1. The van der Waals surface area contributed by atoms with Crippen molar-refractivity contribution >= 4 is 11.6 Å². The average Bonchev–Trinajstić information content (AvgIpc) is 3.11. The molecule has 0 aliphatic carbocycles. The number of hydrogen-bond acceptors (Lipinski definition) is 4. The first-order valence-corrected chi connectivity index (χ1v) is 6.93. The minimum atomic E-state index is -0.327. The van der Waals surface area contributed by atoms with Crippen molar-refractivity contribution in [1.29, 1.82) is 0 Å². The van der Waals surface area contributed by atoms with Crippen LogP contribution < -0.4 is 5.32 Å². The van der Waals surface area contributed by atoms with Crippen LogP contribution in [0.4, 0.5) is 5.69 Å². The van der Waals surface area contributed by atoms with Crippen molar-refractivity contribution in [3.63, 3.8) is 0 Å². The van der Waals surface area contributed by atoms with Gasteiger partial charge in [-0.3, -0.25) is 4.79 Å². The van der Waals surface area contributed by atoms with E-state index >= 15 is 0 Å². The monoisotopic (exact) mass is 296 g/mol. The zero-order valence-electron chi connectivity index (χ0n) is 12.6. The molecular weight excluding hydrogens is 280 g/mol. The van der Waals surface area contributed by atoms with Gasteiger partial charge in [-0.15, -0.1) is 0 Å². The van der Waals surface area contributed by atoms with E-state index in [1.807, 2.05) is 45.0 Å². The molecular formula is C17H16N2O3. The van der Waals surface area contributed by atoms with E-state index in [-0.39, 0.29) is 11.6 Å². The van der Waals surface area contributed by atoms with E-state index in [4.69, 9.17) is 8.83 Å². The van der Waals surface area contributed by atoms with Crippen LogP contribution in [0.25, 0.3) is 11.5 Å². The van der Waals surface area contributed by atoms with Gasteiger partial charge in [-0.05, 0) is 50.1 Å². The summed E-state index contributed by atoms with van der Waals surface area (Å²) in [6, 6.07) is 9.45. The molecule has 0 aliphatic heterocycles. The lowest BCUT2D eigenvalue weighted by atomic mass is 10.1.